The lowest BCUT2D eigenvalue weighted by molar-refractivity contribution is 0.0747. The van der Waals surface area contributed by atoms with Gasteiger partial charge in [0.15, 0.2) is 0 Å². The predicted octanol–water partition coefficient (Wildman–Crippen LogP) is 2.55. The molecule has 0 bridgehead atoms. The first-order valence-corrected chi connectivity index (χ1v) is 6.98. The topological polar surface area (TPSA) is 46.1 Å². The second kappa shape index (κ2) is 5.93. The van der Waals surface area contributed by atoms with Crippen molar-refractivity contribution in [3.63, 3.8) is 0 Å². The Morgan fingerprint density at radius 1 is 1.42 bits per heavy atom. The number of carbonyl (C=O) groups excluding carboxylic acids is 1. The van der Waals surface area contributed by atoms with E-state index in [0.29, 0.717) is 6.42 Å². The van der Waals surface area contributed by atoms with Crippen LogP contribution in [0.25, 0.3) is 0 Å². The van der Waals surface area contributed by atoms with E-state index in [1.165, 1.54) is 11.3 Å². The average Bonchev–Trinajstić information content (AvgIpc) is 2.85. The zero-order chi connectivity index (χ0) is 13.8. The van der Waals surface area contributed by atoms with Gasteiger partial charge in [0.2, 0.25) is 0 Å². The van der Waals surface area contributed by atoms with E-state index in [4.69, 9.17) is 0 Å². The highest BCUT2D eigenvalue weighted by molar-refractivity contribution is 7.13. The van der Waals surface area contributed by atoms with Gasteiger partial charge in [0.25, 0.3) is 5.91 Å². The van der Waals surface area contributed by atoms with Crippen LogP contribution in [0, 0.1) is 6.92 Å². The van der Waals surface area contributed by atoms with Crippen molar-refractivity contribution in [1.29, 1.82) is 0 Å². The third-order valence-corrected chi connectivity index (χ3v) is 4.04. The number of thiophene rings is 1. The summed E-state index contributed by atoms with van der Waals surface area (Å²) in [5.74, 6) is 0.0643. The van der Waals surface area contributed by atoms with E-state index in [1.807, 2.05) is 33.0 Å². The summed E-state index contributed by atoms with van der Waals surface area (Å²) in [4.78, 5) is 24.3. The molecule has 0 saturated carbocycles. The minimum atomic E-state index is 0.0643. The number of carbonyl (C=O) groups is 1. The van der Waals surface area contributed by atoms with Gasteiger partial charge in [-0.15, -0.1) is 11.3 Å². The van der Waals surface area contributed by atoms with Crippen LogP contribution < -0.4 is 0 Å². The van der Waals surface area contributed by atoms with E-state index >= 15 is 0 Å². The molecule has 0 spiro atoms. The van der Waals surface area contributed by atoms with E-state index in [-0.39, 0.29) is 11.9 Å². The van der Waals surface area contributed by atoms with Crippen molar-refractivity contribution in [2.45, 2.75) is 26.3 Å². The van der Waals surface area contributed by atoms with Crippen molar-refractivity contribution >= 4 is 17.2 Å². The van der Waals surface area contributed by atoms with E-state index < -0.39 is 0 Å². The normalized spacial score (nSPS) is 12.2. The Balaban J connectivity index is 2.03. The van der Waals surface area contributed by atoms with Crippen LogP contribution in [-0.2, 0) is 6.42 Å². The highest BCUT2D eigenvalue weighted by Crippen LogP contribution is 2.18. The first-order valence-electron chi connectivity index (χ1n) is 6.16. The fourth-order valence-corrected chi connectivity index (χ4v) is 2.65. The smallest absolute Gasteiger partial charge is 0.263 e. The van der Waals surface area contributed by atoms with Gasteiger partial charge >= 0.3 is 0 Å². The van der Waals surface area contributed by atoms with Crippen LogP contribution in [-0.4, -0.2) is 33.9 Å². The first-order chi connectivity index (χ1) is 9.08. The maximum absolute atomic E-state index is 12.3. The molecule has 1 unspecified atom stereocenters. The minimum Gasteiger partial charge on any atom is -0.338 e. The molecule has 100 valence electrons. The molecule has 2 rings (SSSR count). The second-order valence-electron chi connectivity index (χ2n) is 4.58. The van der Waals surface area contributed by atoms with Crippen LogP contribution in [0.3, 0.4) is 0 Å². The number of hydrogen-bond donors (Lipinski definition) is 0. The molecule has 0 saturated heterocycles. The third kappa shape index (κ3) is 3.38. The molecule has 0 fully saturated rings. The Morgan fingerprint density at radius 2 is 2.21 bits per heavy atom. The molecular weight excluding hydrogens is 258 g/mol. The average molecular weight is 275 g/mol. The van der Waals surface area contributed by atoms with E-state index in [2.05, 4.69) is 9.97 Å². The van der Waals surface area contributed by atoms with Crippen LogP contribution in [0.1, 0.15) is 27.2 Å². The summed E-state index contributed by atoms with van der Waals surface area (Å²) in [5, 5.41) is 0. The summed E-state index contributed by atoms with van der Waals surface area (Å²) in [6.07, 6.45) is 5.77. The number of amides is 1. The molecule has 19 heavy (non-hydrogen) atoms. The molecule has 0 aliphatic rings. The molecule has 0 N–H and O–H groups in total. The minimum absolute atomic E-state index is 0.0643. The molecule has 0 aliphatic heterocycles. The van der Waals surface area contributed by atoms with Crippen molar-refractivity contribution in [3.05, 3.63) is 46.2 Å². The van der Waals surface area contributed by atoms with E-state index in [9.17, 15) is 4.79 Å². The quantitative estimate of drug-likeness (QED) is 0.861. The maximum atomic E-state index is 12.3. The molecule has 1 amide bonds. The van der Waals surface area contributed by atoms with Crippen molar-refractivity contribution in [3.8, 4) is 0 Å². The Hall–Kier alpha value is -1.75. The predicted molar refractivity (Wildman–Crippen MR) is 76.3 cm³/mol. The van der Waals surface area contributed by atoms with Gasteiger partial charge < -0.3 is 4.90 Å². The lowest BCUT2D eigenvalue weighted by atomic mass is 10.1. The van der Waals surface area contributed by atoms with Gasteiger partial charge in [0.05, 0.1) is 10.6 Å². The number of aryl methyl sites for hydroxylation is 1. The second-order valence-corrected chi connectivity index (χ2v) is 5.86. The number of hydrogen-bond acceptors (Lipinski definition) is 4. The molecule has 0 aromatic carbocycles. The monoisotopic (exact) mass is 275 g/mol. The number of likely N-dealkylation sites (N-methyl/N-ethyl adjacent to an activating group) is 1. The zero-order valence-corrected chi connectivity index (χ0v) is 12.1. The largest absolute Gasteiger partial charge is 0.338 e. The van der Waals surface area contributed by atoms with Crippen molar-refractivity contribution in [2.75, 3.05) is 7.05 Å². The Morgan fingerprint density at radius 3 is 2.79 bits per heavy atom. The van der Waals surface area contributed by atoms with Crippen molar-refractivity contribution < 1.29 is 4.79 Å². The van der Waals surface area contributed by atoms with Gasteiger partial charge in [0.1, 0.15) is 0 Å². The zero-order valence-electron chi connectivity index (χ0n) is 11.3. The summed E-state index contributed by atoms with van der Waals surface area (Å²) >= 11 is 1.53. The highest BCUT2D eigenvalue weighted by atomic mass is 32.1. The molecule has 4 nitrogen and oxygen atoms in total. The lowest BCUT2D eigenvalue weighted by Gasteiger charge is -2.24. The van der Waals surface area contributed by atoms with Crippen LogP contribution >= 0.6 is 11.3 Å². The molecule has 2 heterocycles. The lowest BCUT2D eigenvalue weighted by Crippen LogP contribution is -2.36. The Kier molecular flexibility index (Phi) is 4.27. The first kappa shape index (κ1) is 13.7. The third-order valence-electron chi connectivity index (χ3n) is 3.05. The highest BCUT2D eigenvalue weighted by Gasteiger charge is 2.19. The summed E-state index contributed by atoms with van der Waals surface area (Å²) in [5.41, 5.74) is 0.900. The summed E-state index contributed by atoms with van der Waals surface area (Å²) in [6.45, 7) is 4.03. The molecular formula is C14H17N3OS. The van der Waals surface area contributed by atoms with Crippen LogP contribution in [0.4, 0.5) is 0 Å². The van der Waals surface area contributed by atoms with E-state index in [0.717, 1.165) is 15.4 Å². The number of aromatic nitrogens is 2. The summed E-state index contributed by atoms with van der Waals surface area (Å²) in [6, 6.07) is 3.94. The van der Waals surface area contributed by atoms with Gasteiger partial charge in [-0.05, 0) is 26.0 Å². The van der Waals surface area contributed by atoms with Gasteiger partial charge in [0, 0.05) is 43.0 Å². The fourth-order valence-electron chi connectivity index (χ4n) is 1.80. The molecule has 1 atom stereocenters. The SMILES string of the molecule is Cc1ccc(C(=O)N(C)C(C)Cc2cnccn2)s1. The molecule has 5 heteroatoms. The molecule has 2 aromatic heterocycles. The van der Waals surface area contributed by atoms with Crippen molar-refractivity contribution in [1.82, 2.24) is 14.9 Å². The number of nitrogens with zero attached hydrogens (tertiary/aromatic N) is 3. The molecule has 0 aliphatic carbocycles. The Bertz CT molecular complexity index is 553. The standard InChI is InChI=1S/C14H17N3OS/c1-10(8-12-9-15-6-7-16-12)17(3)14(18)13-5-4-11(2)19-13/h4-7,9-10H,8H2,1-3H3. The van der Waals surface area contributed by atoms with Gasteiger partial charge in [-0.2, -0.15) is 0 Å². The Labute approximate surface area is 117 Å². The maximum Gasteiger partial charge on any atom is 0.263 e. The summed E-state index contributed by atoms with van der Waals surface area (Å²) in [7, 11) is 1.83. The van der Waals surface area contributed by atoms with Gasteiger partial charge in [-0.1, -0.05) is 0 Å². The molecule has 0 radical (unpaired) electrons. The van der Waals surface area contributed by atoms with Gasteiger partial charge in [-0.3, -0.25) is 14.8 Å². The van der Waals surface area contributed by atoms with E-state index in [1.54, 1.807) is 23.5 Å². The molecule has 2 aromatic rings. The fraction of sp³-hybridized carbons (Fsp3) is 0.357. The summed E-state index contributed by atoms with van der Waals surface area (Å²) < 4.78 is 0. The van der Waals surface area contributed by atoms with Gasteiger partial charge in [-0.25, -0.2) is 0 Å². The van der Waals surface area contributed by atoms with Crippen molar-refractivity contribution in [2.24, 2.45) is 0 Å². The van der Waals surface area contributed by atoms with Crippen LogP contribution in [0.2, 0.25) is 0 Å². The van der Waals surface area contributed by atoms with Crippen LogP contribution in [0.5, 0.6) is 0 Å². The number of rotatable bonds is 4. The van der Waals surface area contributed by atoms with Crippen LogP contribution in [0.15, 0.2) is 30.7 Å².